The first kappa shape index (κ1) is 12.0. The van der Waals surface area contributed by atoms with E-state index in [2.05, 4.69) is 0 Å². The maximum Gasteiger partial charge on any atom is 0.265 e. The molecule has 1 aromatic carbocycles. The van der Waals surface area contributed by atoms with E-state index < -0.39 is 15.5 Å². The zero-order valence-electron chi connectivity index (χ0n) is 8.64. The summed E-state index contributed by atoms with van der Waals surface area (Å²) in [7, 11) is -4.00. The molecule has 0 radical (unpaired) electrons. The highest BCUT2D eigenvalue weighted by atomic mass is 32.2. The largest absolute Gasteiger partial charge is 0.508 e. The molecule has 0 atom stereocenters. The first-order chi connectivity index (χ1) is 6.71. The molecule has 0 fully saturated rings. The van der Waals surface area contributed by atoms with Crippen molar-refractivity contribution < 1.29 is 18.1 Å². The Hall–Kier alpha value is -1.07. The Bertz CT molecular complexity index is 431. The number of hydrogen-bond acceptors (Lipinski definition) is 3. The highest BCUT2D eigenvalue weighted by Crippen LogP contribution is 2.26. The molecule has 5 heteroatoms. The van der Waals surface area contributed by atoms with Gasteiger partial charge in [-0.15, -0.1) is 0 Å². The van der Waals surface area contributed by atoms with Gasteiger partial charge in [0.15, 0.2) is 0 Å². The molecule has 15 heavy (non-hydrogen) atoms. The van der Waals surface area contributed by atoms with Crippen LogP contribution in [0.15, 0.2) is 24.3 Å². The lowest BCUT2D eigenvalue weighted by Gasteiger charge is -2.23. The molecule has 0 saturated carbocycles. The van der Waals surface area contributed by atoms with Gasteiger partial charge in [0.2, 0.25) is 0 Å². The normalized spacial score (nSPS) is 12.7. The molecule has 0 aliphatic rings. The van der Waals surface area contributed by atoms with E-state index in [1.54, 1.807) is 26.0 Å². The predicted octanol–water partition coefficient (Wildman–Crippen LogP) is 1.56. The first-order valence-electron chi connectivity index (χ1n) is 4.45. The van der Waals surface area contributed by atoms with E-state index in [1.807, 2.05) is 0 Å². The van der Waals surface area contributed by atoms with Crippen LogP contribution in [0.1, 0.15) is 19.4 Å². The second-order valence-electron chi connectivity index (χ2n) is 4.16. The van der Waals surface area contributed by atoms with Crippen LogP contribution in [0.3, 0.4) is 0 Å². The first-order valence-corrected chi connectivity index (χ1v) is 6.06. The molecule has 0 aromatic heterocycles. The topological polar surface area (TPSA) is 74.6 Å². The van der Waals surface area contributed by atoms with Gasteiger partial charge in [0.05, 0.1) is 5.75 Å². The van der Waals surface area contributed by atoms with Crippen molar-refractivity contribution in [3.8, 4) is 5.75 Å². The molecule has 2 N–H and O–H groups in total. The number of rotatable bonds is 3. The standard InChI is InChI=1S/C10H14O4S/c1-10(2,7-15(12,13)14)8-3-5-9(11)6-4-8/h3-6,11H,7H2,1-2H3,(H,12,13,14). The molecule has 0 unspecified atom stereocenters. The number of hydrogen-bond donors (Lipinski definition) is 2. The lowest BCUT2D eigenvalue weighted by atomic mass is 9.87. The number of benzene rings is 1. The lowest BCUT2D eigenvalue weighted by Crippen LogP contribution is -2.27. The van der Waals surface area contributed by atoms with Crippen LogP contribution in [0.4, 0.5) is 0 Å². The molecule has 84 valence electrons. The smallest absolute Gasteiger partial charge is 0.265 e. The summed E-state index contributed by atoms with van der Waals surface area (Å²) in [4.78, 5) is 0. The van der Waals surface area contributed by atoms with Crippen molar-refractivity contribution in [1.29, 1.82) is 0 Å². The summed E-state index contributed by atoms with van der Waals surface area (Å²) in [5, 5.41) is 9.09. The molecule has 0 saturated heterocycles. The van der Waals surface area contributed by atoms with E-state index >= 15 is 0 Å². The van der Waals surface area contributed by atoms with Crippen molar-refractivity contribution in [2.24, 2.45) is 0 Å². The van der Waals surface area contributed by atoms with Crippen molar-refractivity contribution in [2.75, 3.05) is 5.75 Å². The van der Waals surface area contributed by atoms with Gasteiger partial charge in [0.1, 0.15) is 5.75 Å². The summed E-state index contributed by atoms with van der Waals surface area (Å²) < 4.78 is 30.4. The number of aromatic hydroxyl groups is 1. The summed E-state index contributed by atoms with van der Waals surface area (Å²) in [5.41, 5.74) is 0.0688. The summed E-state index contributed by atoms with van der Waals surface area (Å²) in [6, 6.07) is 6.25. The fourth-order valence-corrected chi connectivity index (χ4v) is 2.53. The average molecular weight is 230 g/mol. The molecule has 0 aliphatic carbocycles. The second-order valence-corrected chi connectivity index (χ2v) is 5.61. The minimum atomic E-state index is -4.00. The van der Waals surface area contributed by atoms with Gasteiger partial charge in [-0.1, -0.05) is 26.0 Å². The molecule has 1 rings (SSSR count). The van der Waals surface area contributed by atoms with Crippen LogP contribution in [-0.4, -0.2) is 23.8 Å². The minimum Gasteiger partial charge on any atom is -0.508 e. The van der Waals surface area contributed by atoms with E-state index in [0.717, 1.165) is 5.56 Å². The fourth-order valence-electron chi connectivity index (χ4n) is 1.45. The molecule has 0 amide bonds. The summed E-state index contributed by atoms with van der Waals surface area (Å²) in [5.74, 6) is -0.216. The third kappa shape index (κ3) is 3.53. The molecule has 4 nitrogen and oxygen atoms in total. The van der Waals surface area contributed by atoms with Crippen LogP contribution in [0.5, 0.6) is 5.75 Å². The monoisotopic (exact) mass is 230 g/mol. The van der Waals surface area contributed by atoms with Crippen LogP contribution in [-0.2, 0) is 15.5 Å². The Balaban J connectivity index is 3.00. The highest BCUT2D eigenvalue weighted by Gasteiger charge is 2.26. The maximum absolute atomic E-state index is 10.8. The van der Waals surface area contributed by atoms with Gasteiger partial charge in [-0.05, 0) is 17.7 Å². The third-order valence-corrected chi connectivity index (χ3v) is 3.28. The van der Waals surface area contributed by atoms with Gasteiger partial charge in [0, 0.05) is 5.41 Å². The Morgan fingerprint density at radius 1 is 1.20 bits per heavy atom. The van der Waals surface area contributed by atoms with Crippen molar-refractivity contribution >= 4 is 10.1 Å². The lowest BCUT2D eigenvalue weighted by molar-refractivity contribution is 0.459. The Morgan fingerprint density at radius 2 is 1.67 bits per heavy atom. The van der Waals surface area contributed by atoms with Crippen LogP contribution in [0, 0.1) is 0 Å². The van der Waals surface area contributed by atoms with Gasteiger partial charge in [-0.2, -0.15) is 8.42 Å². The average Bonchev–Trinajstić information content (AvgIpc) is 2.00. The molecular formula is C10H14O4S. The van der Waals surface area contributed by atoms with Crippen LogP contribution in [0.25, 0.3) is 0 Å². The van der Waals surface area contributed by atoms with Gasteiger partial charge < -0.3 is 5.11 Å². The Morgan fingerprint density at radius 3 is 2.07 bits per heavy atom. The van der Waals surface area contributed by atoms with Crippen molar-refractivity contribution in [2.45, 2.75) is 19.3 Å². The third-order valence-electron chi connectivity index (χ3n) is 2.19. The summed E-state index contributed by atoms with van der Waals surface area (Å²) in [6.07, 6.45) is 0. The summed E-state index contributed by atoms with van der Waals surface area (Å²) in [6.45, 7) is 3.43. The van der Waals surface area contributed by atoms with Crippen molar-refractivity contribution in [3.63, 3.8) is 0 Å². The molecule has 0 heterocycles. The van der Waals surface area contributed by atoms with Gasteiger partial charge in [-0.3, -0.25) is 4.55 Å². The maximum atomic E-state index is 10.8. The van der Waals surface area contributed by atoms with E-state index in [4.69, 9.17) is 9.66 Å². The van der Waals surface area contributed by atoms with E-state index in [-0.39, 0.29) is 11.5 Å². The number of phenols is 1. The molecular weight excluding hydrogens is 216 g/mol. The van der Waals surface area contributed by atoms with E-state index in [0.29, 0.717) is 0 Å². The molecule has 1 aromatic rings. The molecule has 0 spiro atoms. The van der Waals surface area contributed by atoms with E-state index in [9.17, 15) is 8.42 Å². The fraction of sp³-hybridized carbons (Fsp3) is 0.400. The van der Waals surface area contributed by atoms with Gasteiger partial charge >= 0.3 is 0 Å². The highest BCUT2D eigenvalue weighted by molar-refractivity contribution is 7.85. The van der Waals surface area contributed by atoms with Crippen molar-refractivity contribution in [1.82, 2.24) is 0 Å². The van der Waals surface area contributed by atoms with Crippen LogP contribution in [0.2, 0.25) is 0 Å². The minimum absolute atomic E-state index is 0.126. The summed E-state index contributed by atoms with van der Waals surface area (Å²) >= 11 is 0. The molecule has 0 aliphatic heterocycles. The van der Waals surface area contributed by atoms with Gasteiger partial charge in [-0.25, -0.2) is 0 Å². The van der Waals surface area contributed by atoms with Crippen LogP contribution >= 0.6 is 0 Å². The van der Waals surface area contributed by atoms with Crippen LogP contribution < -0.4 is 0 Å². The predicted molar refractivity (Wildman–Crippen MR) is 57.5 cm³/mol. The van der Waals surface area contributed by atoms with E-state index in [1.165, 1.54) is 12.1 Å². The quantitative estimate of drug-likeness (QED) is 0.773. The Kier molecular flexibility index (Phi) is 3.06. The zero-order valence-corrected chi connectivity index (χ0v) is 9.45. The zero-order chi connectivity index (χ0) is 11.7. The SMILES string of the molecule is CC(C)(CS(=O)(=O)O)c1ccc(O)cc1. The van der Waals surface area contributed by atoms with Crippen molar-refractivity contribution in [3.05, 3.63) is 29.8 Å². The second kappa shape index (κ2) is 3.83. The number of phenolic OH excluding ortho intramolecular Hbond substituents is 1. The Labute approximate surface area is 89.3 Å². The van der Waals surface area contributed by atoms with Gasteiger partial charge in [0.25, 0.3) is 10.1 Å². The molecule has 0 bridgehead atoms.